The van der Waals surface area contributed by atoms with Crippen LogP contribution in [0.1, 0.15) is 11.3 Å². The number of fused-ring (bicyclic) bond motifs is 1. The van der Waals surface area contributed by atoms with Gasteiger partial charge in [0.25, 0.3) is 0 Å². The number of halogens is 1. The van der Waals surface area contributed by atoms with E-state index in [1.165, 1.54) is 16.6 Å². The Morgan fingerprint density at radius 1 is 1.47 bits per heavy atom. The van der Waals surface area contributed by atoms with Crippen LogP contribution in [0, 0.1) is 13.5 Å². The van der Waals surface area contributed by atoms with Gasteiger partial charge >= 0.3 is 0 Å². The number of para-hydroxylation sites is 1. The molecule has 0 saturated heterocycles. The second-order valence-corrected chi connectivity index (χ2v) is 4.38. The van der Waals surface area contributed by atoms with Gasteiger partial charge in [-0.15, -0.1) is 0 Å². The number of aromatic nitrogens is 1. The van der Waals surface area contributed by atoms with Crippen molar-refractivity contribution in [1.29, 1.82) is 0 Å². The van der Waals surface area contributed by atoms with Gasteiger partial charge in [0, 0.05) is 22.0 Å². The molecule has 0 aliphatic heterocycles. The minimum absolute atomic E-state index is 0.556. The number of hydrogen-bond donors (Lipinski definition) is 1. The average molecular weight is 263 g/mol. The molecule has 1 heterocycles. The van der Waals surface area contributed by atoms with Crippen LogP contribution in [0.3, 0.4) is 0 Å². The third-order valence-corrected chi connectivity index (χ3v) is 3.24. The fraction of sp³-hybridized carbons (Fsp3) is 0.250. The summed E-state index contributed by atoms with van der Waals surface area (Å²) >= 11 is 3.52. The molecule has 2 nitrogen and oxygen atoms in total. The molecule has 0 amide bonds. The SMILES string of the molecule is [C-]#[N+]CCc1c(C)[nH]c2c(Br)cccc12. The molecule has 2 rings (SSSR count). The van der Waals surface area contributed by atoms with Gasteiger partial charge in [-0.2, -0.15) is 0 Å². The zero-order valence-electron chi connectivity index (χ0n) is 8.47. The highest BCUT2D eigenvalue weighted by Gasteiger charge is 2.10. The Morgan fingerprint density at radius 3 is 3.00 bits per heavy atom. The number of nitrogens with zero attached hydrogens (tertiary/aromatic N) is 1. The molecule has 1 N–H and O–H groups in total. The molecule has 0 unspecified atom stereocenters. The highest BCUT2D eigenvalue weighted by atomic mass is 79.9. The minimum atomic E-state index is 0.556. The third kappa shape index (κ3) is 1.78. The second-order valence-electron chi connectivity index (χ2n) is 3.52. The molecule has 0 atom stereocenters. The van der Waals surface area contributed by atoms with Crippen LogP contribution >= 0.6 is 15.9 Å². The van der Waals surface area contributed by atoms with Gasteiger partial charge in [0.1, 0.15) is 0 Å². The first-order valence-corrected chi connectivity index (χ1v) is 5.62. The van der Waals surface area contributed by atoms with E-state index in [0.29, 0.717) is 6.54 Å². The minimum Gasteiger partial charge on any atom is -0.357 e. The molecular weight excluding hydrogens is 252 g/mol. The summed E-state index contributed by atoms with van der Waals surface area (Å²) in [5, 5.41) is 1.23. The Balaban J connectivity index is 2.59. The molecule has 0 radical (unpaired) electrons. The first-order valence-electron chi connectivity index (χ1n) is 4.83. The summed E-state index contributed by atoms with van der Waals surface area (Å²) in [5.74, 6) is 0. The summed E-state index contributed by atoms with van der Waals surface area (Å²) in [5.41, 5.74) is 3.57. The van der Waals surface area contributed by atoms with E-state index >= 15 is 0 Å². The van der Waals surface area contributed by atoms with Crippen LogP contribution in [0.15, 0.2) is 22.7 Å². The number of aryl methyl sites for hydroxylation is 1. The maximum atomic E-state index is 6.83. The number of H-pyrrole nitrogens is 1. The van der Waals surface area contributed by atoms with Crippen molar-refractivity contribution in [3.63, 3.8) is 0 Å². The molecule has 0 aliphatic rings. The van der Waals surface area contributed by atoms with E-state index in [1.54, 1.807) is 0 Å². The third-order valence-electron chi connectivity index (χ3n) is 2.58. The van der Waals surface area contributed by atoms with Gasteiger partial charge in [-0.1, -0.05) is 12.1 Å². The van der Waals surface area contributed by atoms with Crippen LogP contribution < -0.4 is 0 Å². The molecule has 2 aromatic rings. The average Bonchev–Trinajstić information content (AvgIpc) is 2.54. The molecule has 15 heavy (non-hydrogen) atoms. The van der Waals surface area contributed by atoms with Gasteiger partial charge < -0.3 is 9.83 Å². The maximum absolute atomic E-state index is 6.83. The van der Waals surface area contributed by atoms with Crippen molar-refractivity contribution >= 4 is 26.8 Å². The van der Waals surface area contributed by atoms with Gasteiger partial charge in [0.05, 0.1) is 5.52 Å². The van der Waals surface area contributed by atoms with Crippen LogP contribution in [0.5, 0.6) is 0 Å². The normalized spacial score (nSPS) is 10.5. The van der Waals surface area contributed by atoms with Crippen molar-refractivity contribution in [2.75, 3.05) is 6.54 Å². The molecule has 0 saturated carbocycles. The van der Waals surface area contributed by atoms with E-state index in [-0.39, 0.29) is 0 Å². The Morgan fingerprint density at radius 2 is 2.27 bits per heavy atom. The number of hydrogen-bond acceptors (Lipinski definition) is 0. The monoisotopic (exact) mass is 262 g/mol. The highest BCUT2D eigenvalue weighted by molar-refractivity contribution is 9.10. The van der Waals surface area contributed by atoms with E-state index in [0.717, 1.165) is 16.4 Å². The van der Waals surface area contributed by atoms with Crippen LogP contribution in [0.4, 0.5) is 0 Å². The van der Waals surface area contributed by atoms with Crippen molar-refractivity contribution in [2.24, 2.45) is 0 Å². The van der Waals surface area contributed by atoms with Crippen molar-refractivity contribution in [3.8, 4) is 0 Å². The van der Waals surface area contributed by atoms with Crippen LogP contribution in [0.2, 0.25) is 0 Å². The highest BCUT2D eigenvalue weighted by Crippen LogP contribution is 2.28. The lowest BCUT2D eigenvalue weighted by Crippen LogP contribution is -1.88. The fourth-order valence-electron chi connectivity index (χ4n) is 1.86. The van der Waals surface area contributed by atoms with E-state index in [9.17, 15) is 0 Å². The van der Waals surface area contributed by atoms with Crippen LogP contribution in [-0.2, 0) is 6.42 Å². The van der Waals surface area contributed by atoms with Crippen molar-refractivity contribution in [1.82, 2.24) is 4.98 Å². The first-order chi connectivity index (χ1) is 7.24. The molecular formula is C12H11BrN2. The van der Waals surface area contributed by atoms with Gasteiger partial charge in [-0.3, -0.25) is 0 Å². The summed E-state index contributed by atoms with van der Waals surface area (Å²) in [7, 11) is 0. The summed E-state index contributed by atoms with van der Waals surface area (Å²) in [4.78, 5) is 6.76. The lowest BCUT2D eigenvalue weighted by molar-refractivity contribution is 1.06. The predicted molar refractivity (Wildman–Crippen MR) is 65.9 cm³/mol. The Bertz CT molecular complexity index is 534. The lowest BCUT2D eigenvalue weighted by atomic mass is 10.1. The van der Waals surface area contributed by atoms with E-state index < -0.39 is 0 Å². The van der Waals surface area contributed by atoms with Gasteiger partial charge in [0.15, 0.2) is 0 Å². The number of benzene rings is 1. The Kier molecular flexibility index (Phi) is 2.79. The van der Waals surface area contributed by atoms with E-state index in [4.69, 9.17) is 6.57 Å². The summed E-state index contributed by atoms with van der Waals surface area (Å²) in [6, 6.07) is 6.15. The molecule has 1 aromatic carbocycles. The summed E-state index contributed by atoms with van der Waals surface area (Å²) < 4.78 is 1.08. The summed E-state index contributed by atoms with van der Waals surface area (Å²) in [6.07, 6.45) is 0.825. The Labute approximate surface area is 97.3 Å². The van der Waals surface area contributed by atoms with Crippen molar-refractivity contribution in [3.05, 3.63) is 45.3 Å². The number of aromatic amines is 1. The molecule has 76 valence electrons. The van der Waals surface area contributed by atoms with Gasteiger partial charge in [-0.05, 0) is 34.5 Å². The largest absolute Gasteiger partial charge is 0.357 e. The van der Waals surface area contributed by atoms with Crippen molar-refractivity contribution in [2.45, 2.75) is 13.3 Å². The second kappa shape index (κ2) is 4.08. The smallest absolute Gasteiger partial charge is 0.218 e. The molecule has 0 fully saturated rings. The zero-order valence-corrected chi connectivity index (χ0v) is 10.1. The van der Waals surface area contributed by atoms with Crippen molar-refractivity contribution < 1.29 is 0 Å². The molecule has 0 aliphatic carbocycles. The Hall–Kier alpha value is -1.27. The lowest BCUT2D eigenvalue weighted by Gasteiger charge is -1.96. The molecule has 0 bridgehead atoms. The standard InChI is InChI=1S/C12H11BrN2/c1-8-9(6-7-14-2)10-4-3-5-11(13)12(10)15-8/h3-5,15H,6-7H2,1H3. The zero-order chi connectivity index (χ0) is 10.8. The quantitative estimate of drug-likeness (QED) is 0.797. The van der Waals surface area contributed by atoms with Crippen LogP contribution in [-0.4, -0.2) is 11.5 Å². The van der Waals surface area contributed by atoms with Gasteiger partial charge in [-0.25, -0.2) is 6.57 Å². The molecule has 1 aromatic heterocycles. The predicted octanol–water partition coefficient (Wildman–Crippen LogP) is 3.70. The number of nitrogens with one attached hydrogen (secondary N) is 1. The molecule has 0 spiro atoms. The van der Waals surface area contributed by atoms with Crippen LogP contribution in [0.25, 0.3) is 15.7 Å². The van der Waals surface area contributed by atoms with E-state index in [1.807, 2.05) is 12.1 Å². The fourth-order valence-corrected chi connectivity index (χ4v) is 2.32. The number of rotatable bonds is 2. The van der Waals surface area contributed by atoms with E-state index in [2.05, 4.69) is 38.7 Å². The first kappa shape index (κ1) is 10.3. The topological polar surface area (TPSA) is 20.1 Å². The maximum Gasteiger partial charge on any atom is 0.218 e. The summed E-state index contributed by atoms with van der Waals surface area (Å²) in [6.45, 7) is 9.45. The molecule has 3 heteroatoms. The van der Waals surface area contributed by atoms with Gasteiger partial charge in [0.2, 0.25) is 6.54 Å².